The van der Waals surface area contributed by atoms with Crippen molar-refractivity contribution in [3.8, 4) is 0 Å². The predicted molar refractivity (Wildman–Crippen MR) is 47.9 cm³/mol. The van der Waals surface area contributed by atoms with Crippen LogP contribution in [0.3, 0.4) is 0 Å². The van der Waals surface area contributed by atoms with Crippen LogP contribution in [0, 0.1) is 5.92 Å². The quantitative estimate of drug-likeness (QED) is 0.520. The molecule has 0 heteroatoms. The fourth-order valence-electron chi connectivity index (χ4n) is 0.533. The molecule has 10 heavy (non-hydrogen) atoms. The Hall–Kier alpha value is -0.780. The van der Waals surface area contributed by atoms with Crippen LogP contribution in [0.15, 0.2) is 37.0 Å². The van der Waals surface area contributed by atoms with Crippen LogP contribution in [0.4, 0.5) is 0 Å². The fourth-order valence-corrected chi connectivity index (χ4v) is 0.533. The molecule has 0 radical (unpaired) electrons. The van der Waals surface area contributed by atoms with Crippen LogP contribution >= 0.6 is 0 Å². The highest BCUT2D eigenvalue weighted by Gasteiger charge is 1.86. The van der Waals surface area contributed by atoms with E-state index in [9.17, 15) is 0 Å². The molecular weight excluding hydrogens is 120 g/mol. The molecule has 1 atom stereocenters. The topological polar surface area (TPSA) is 0 Å². The minimum atomic E-state index is 0.689. The van der Waals surface area contributed by atoms with Gasteiger partial charge in [-0.05, 0) is 5.92 Å². The molecule has 0 aliphatic carbocycles. The first-order valence-electron chi connectivity index (χ1n) is 3.77. The van der Waals surface area contributed by atoms with E-state index in [4.69, 9.17) is 0 Å². The number of rotatable bonds is 4. The Morgan fingerprint density at radius 3 is 2.50 bits per heavy atom. The van der Waals surface area contributed by atoms with Crippen molar-refractivity contribution in [2.45, 2.75) is 20.3 Å². The van der Waals surface area contributed by atoms with Gasteiger partial charge in [-0.15, -0.1) is 0 Å². The van der Waals surface area contributed by atoms with Crippen LogP contribution in [0.2, 0.25) is 0 Å². The Balaban J connectivity index is 3.54. The van der Waals surface area contributed by atoms with Gasteiger partial charge in [-0.3, -0.25) is 0 Å². The predicted octanol–water partition coefficient (Wildman–Crippen LogP) is 3.33. The van der Waals surface area contributed by atoms with Crippen LogP contribution < -0.4 is 0 Å². The first-order valence-corrected chi connectivity index (χ1v) is 3.77. The molecule has 0 aromatic heterocycles. The molecule has 0 aromatic carbocycles. The van der Waals surface area contributed by atoms with Crippen molar-refractivity contribution in [3.63, 3.8) is 0 Å². The zero-order valence-corrected chi connectivity index (χ0v) is 6.88. The summed E-state index contributed by atoms with van der Waals surface area (Å²) in [5.41, 5.74) is 0. The summed E-state index contributed by atoms with van der Waals surface area (Å²) in [5, 5.41) is 0. The van der Waals surface area contributed by atoms with Crippen molar-refractivity contribution in [1.29, 1.82) is 0 Å². The SMILES string of the molecule is C=CC=C/C=C\C(C)CC. The summed E-state index contributed by atoms with van der Waals surface area (Å²) in [6, 6.07) is 0. The Labute approximate surface area is 64.0 Å². The van der Waals surface area contributed by atoms with Gasteiger partial charge in [0.25, 0.3) is 0 Å². The minimum absolute atomic E-state index is 0.689. The van der Waals surface area contributed by atoms with E-state index in [-0.39, 0.29) is 0 Å². The summed E-state index contributed by atoms with van der Waals surface area (Å²) in [5.74, 6) is 0.689. The summed E-state index contributed by atoms with van der Waals surface area (Å²) >= 11 is 0. The van der Waals surface area contributed by atoms with Crippen molar-refractivity contribution in [3.05, 3.63) is 37.0 Å². The van der Waals surface area contributed by atoms with E-state index in [0.717, 1.165) is 0 Å². The van der Waals surface area contributed by atoms with Crippen LogP contribution in [-0.4, -0.2) is 0 Å². The van der Waals surface area contributed by atoms with Gasteiger partial charge in [-0.25, -0.2) is 0 Å². The second kappa shape index (κ2) is 6.34. The molecule has 0 nitrogen and oxygen atoms in total. The van der Waals surface area contributed by atoms with Crippen molar-refractivity contribution < 1.29 is 0 Å². The molecule has 56 valence electrons. The van der Waals surface area contributed by atoms with E-state index >= 15 is 0 Å². The second-order valence-corrected chi connectivity index (χ2v) is 2.39. The van der Waals surface area contributed by atoms with Crippen molar-refractivity contribution in [2.24, 2.45) is 5.92 Å². The monoisotopic (exact) mass is 136 g/mol. The first-order chi connectivity index (χ1) is 4.81. The summed E-state index contributed by atoms with van der Waals surface area (Å²) in [7, 11) is 0. The average molecular weight is 136 g/mol. The van der Waals surface area contributed by atoms with Gasteiger partial charge in [-0.2, -0.15) is 0 Å². The molecule has 0 amide bonds. The smallest absolute Gasteiger partial charge is 0.0261 e. The Morgan fingerprint density at radius 1 is 1.30 bits per heavy atom. The molecule has 0 saturated carbocycles. The van der Waals surface area contributed by atoms with Crippen LogP contribution in [-0.2, 0) is 0 Å². The molecule has 1 unspecified atom stereocenters. The molecule has 0 heterocycles. The summed E-state index contributed by atoms with van der Waals surface area (Å²) < 4.78 is 0. The lowest BCUT2D eigenvalue weighted by Gasteiger charge is -1.96. The van der Waals surface area contributed by atoms with E-state index in [1.165, 1.54) is 6.42 Å². The third-order valence-electron chi connectivity index (χ3n) is 1.44. The van der Waals surface area contributed by atoms with Crippen molar-refractivity contribution in [1.82, 2.24) is 0 Å². The molecule has 0 fully saturated rings. The Kier molecular flexibility index (Phi) is 5.85. The molecule has 0 saturated heterocycles. The molecule has 0 aliphatic heterocycles. The maximum Gasteiger partial charge on any atom is -0.0261 e. The molecular formula is C10H16. The lowest BCUT2D eigenvalue weighted by Crippen LogP contribution is -1.82. The average Bonchev–Trinajstić information content (AvgIpc) is 1.98. The van der Waals surface area contributed by atoms with Gasteiger partial charge in [0.2, 0.25) is 0 Å². The molecule has 0 N–H and O–H groups in total. The highest BCUT2D eigenvalue weighted by atomic mass is 13.9. The van der Waals surface area contributed by atoms with Gasteiger partial charge in [0, 0.05) is 0 Å². The summed E-state index contributed by atoms with van der Waals surface area (Å²) in [6.07, 6.45) is 11.2. The van der Waals surface area contributed by atoms with E-state index < -0.39 is 0 Å². The van der Waals surface area contributed by atoms with Crippen molar-refractivity contribution >= 4 is 0 Å². The van der Waals surface area contributed by atoms with Gasteiger partial charge in [0.15, 0.2) is 0 Å². The zero-order chi connectivity index (χ0) is 7.82. The minimum Gasteiger partial charge on any atom is -0.0991 e. The Bertz CT molecular complexity index is 129. The van der Waals surface area contributed by atoms with Crippen LogP contribution in [0.25, 0.3) is 0 Å². The molecule has 0 spiro atoms. The number of hydrogen-bond donors (Lipinski definition) is 0. The second-order valence-electron chi connectivity index (χ2n) is 2.39. The van der Waals surface area contributed by atoms with Gasteiger partial charge in [0.05, 0.1) is 0 Å². The maximum absolute atomic E-state index is 3.58. The van der Waals surface area contributed by atoms with E-state index in [1.54, 1.807) is 6.08 Å². The Morgan fingerprint density at radius 2 is 2.00 bits per heavy atom. The van der Waals surface area contributed by atoms with Gasteiger partial charge in [-0.1, -0.05) is 57.2 Å². The standard InChI is InChI=1S/C10H16/c1-4-6-7-8-9-10(3)5-2/h4,6-10H,1,5H2,2-3H3/b7-6?,9-8-. The van der Waals surface area contributed by atoms with E-state index in [0.29, 0.717) is 5.92 Å². The number of hydrogen-bond acceptors (Lipinski definition) is 0. The highest BCUT2D eigenvalue weighted by molar-refractivity contribution is 5.09. The van der Waals surface area contributed by atoms with E-state index in [1.807, 2.05) is 12.2 Å². The highest BCUT2D eigenvalue weighted by Crippen LogP contribution is 2.01. The van der Waals surface area contributed by atoms with Gasteiger partial charge < -0.3 is 0 Å². The maximum atomic E-state index is 3.58. The van der Waals surface area contributed by atoms with Crippen molar-refractivity contribution in [2.75, 3.05) is 0 Å². The molecule has 0 rings (SSSR count). The zero-order valence-electron chi connectivity index (χ0n) is 6.88. The largest absolute Gasteiger partial charge is 0.0991 e. The van der Waals surface area contributed by atoms with Gasteiger partial charge in [0.1, 0.15) is 0 Å². The lowest BCUT2D eigenvalue weighted by atomic mass is 10.1. The molecule has 0 aliphatic rings. The lowest BCUT2D eigenvalue weighted by molar-refractivity contribution is 0.698. The molecule has 0 aromatic rings. The van der Waals surface area contributed by atoms with Crippen LogP contribution in [0.1, 0.15) is 20.3 Å². The first kappa shape index (κ1) is 9.22. The third kappa shape index (κ3) is 5.36. The fraction of sp³-hybridized carbons (Fsp3) is 0.400. The molecule has 0 bridgehead atoms. The van der Waals surface area contributed by atoms with E-state index in [2.05, 4.69) is 32.6 Å². The summed E-state index contributed by atoms with van der Waals surface area (Å²) in [6.45, 7) is 7.97. The van der Waals surface area contributed by atoms with Crippen LogP contribution in [0.5, 0.6) is 0 Å². The number of allylic oxidation sites excluding steroid dienone is 5. The van der Waals surface area contributed by atoms with Gasteiger partial charge >= 0.3 is 0 Å². The summed E-state index contributed by atoms with van der Waals surface area (Å²) in [4.78, 5) is 0. The third-order valence-corrected chi connectivity index (χ3v) is 1.44. The normalized spacial score (nSPS) is 14.6.